The lowest BCUT2D eigenvalue weighted by molar-refractivity contribution is -0.675. The lowest BCUT2D eigenvalue weighted by atomic mass is 10.1. The molecule has 1 aromatic heterocycles. The summed E-state index contributed by atoms with van der Waals surface area (Å²) >= 11 is 1.78. The molecule has 0 amide bonds. The predicted octanol–water partition coefficient (Wildman–Crippen LogP) is 4.11. The van der Waals surface area contributed by atoms with E-state index in [1.54, 1.807) is 11.8 Å². The van der Waals surface area contributed by atoms with Crippen molar-refractivity contribution in [1.82, 2.24) is 4.98 Å². The fourth-order valence-corrected chi connectivity index (χ4v) is 3.89. The number of hydrogen-bond donors (Lipinski definition) is 0. The largest absolute Gasteiger partial charge is 0.338 e. The molecule has 118 valence electrons. The summed E-state index contributed by atoms with van der Waals surface area (Å²) in [5, 5.41) is 1.19. The summed E-state index contributed by atoms with van der Waals surface area (Å²) in [5.41, 5.74) is 3.55. The zero-order valence-corrected chi connectivity index (χ0v) is 14.5. The standard InChI is InChI=1S/C20H18N3S/c1-22-14-16(15-8-4-3-5-9-15)13-21-19(22)12-20-23(2)17-10-6-7-11-18(17)24-20/h3-14H,1-2H3/q+1. The molecule has 2 heterocycles. The van der Waals surface area contributed by atoms with Crippen molar-refractivity contribution in [3.05, 3.63) is 77.8 Å². The van der Waals surface area contributed by atoms with Gasteiger partial charge in [0.05, 0.1) is 29.4 Å². The van der Waals surface area contributed by atoms with Gasteiger partial charge in [0.25, 0.3) is 0 Å². The van der Waals surface area contributed by atoms with Crippen LogP contribution >= 0.6 is 11.8 Å². The van der Waals surface area contributed by atoms with Crippen LogP contribution in [0.5, 0.6) is 0 Å². The summed E-state index contributed by atoms with van der Waals surface area (Å²) in [5.74, 6) is 0.942. The molecule has 0 unspecified atom stereocenters. The Morgan fingerprint density at radius 3 is 2.50 bits per heavy atom. The molecule has 0 bridgehead atoms. The van der Waals surface area contributed by atoms with Gasteiger partial charge in [-0.3, -0.25) is 0 Å². The summed E-state index contributed by atoms with van der Waals surface area (Å²) in [6.07, 6.45) is 6.20. The Balaban J connectivity index is 1.67. The fraction of sp³-hybridized carbons (Fsp3) is 0.100. The van der Waals surface area contributed by atoms with Crippen molar-refractivity contribution < 1.29 is 4.57 Å². The zero-order valence-electron chi connectivity index (χ0n) is 13.7. The highest BCUT2D eigenvalue weighted by Gasteiger charge is 2.23. The Hall–Kier alpha value is -2.59. The molecule has 0 saturated carbocycles. The third-order valence-electron chi connectivity index (χ3n) is 4.16. The molecule has 4 heteroatoms. The maximum Gasteiger partial charge on any atom is 0.325 e. The Kier molecular flexibility index (Phi) is 3.82. The van der Waals surface area contributed by atoms with Crippen LogP contribution in [-0.4, -0.2) is 12.0 Å². The van der Waals surface area contributed by atoms with Crippen molar-refractivity contribution in [3.63, 3.8) is 0 Å². The van der Waals surface area contributed by atoms with Gasteiger partial charge < -0.3 is 4.90 Å². The van der Waals surface area contributed by atoms with Gasteiger partial charge in [0.15, 0.2) is 6.20 Å². The second-order valence-corrected chi connectivity index (χ2v) is 6.85. The van der Waals surface area contributed by atoms with Gasteiger partial charge in [0.2, 0.25) is 0 Å². The molecule has 0 fully saturated rings. The minimum atomic E-state index is 0.942. The monoisotopic (exact) mass is 332 g/mol. The van der Waals surface area contributed by atoms with Gasteiger partial charge >= 0.3 is 5.82 Å². The minimum absolute atomic E-state index is 0.942. The average Bonchev–Trinajstić information content (AvgIpc) is 2.94. The Morgan fingerprint density at radius 1 is 1.00 bits per heavy atom. The molecular formula is C20H18N3S+. The third kappa shape index (κ3) is 2.69. The molecule has 3 nitrogen and oxygen atoms in total. The highest BCUT2D eigenvalue weighted by molar-refractivity contribution is 8.03. The van der Waals surface area contributed by atoms with Crippen LogP contribution in [0.25, 0.3) is 17.2 Å². The van der Waals surface area contributed by atoms with Crippen molar-refractivity contribution in [2.45, 2.75) is 4.90 Å². The van der Waals surface area contributed by atoms with E-state index < -0.39 is 0 Å². The second kappa shape index (κ2) is 6.13. The summed E-state index contributed by atoms with van der Waals surface area (Å²) in [6.45, 7) is 0. The smallest absolute Gasteiger partial charge is 0.325 e. The van der Waals surface area contributed by atoms with E-state index in [0.29, 0.717) is 0 Å². The van der Waals surface area contributed by atoms with Gasteiger partial charge in [-0.25, -0.2) is 4.57 Å². The Labute approximate surface area is 146 Å². The van der Waals surface area contributed by atoms with E-state index in [2.05, 4.69) is 70.2 Å². The number of fused-ring (bicyclic) bond motifs is 1. The SMILES string of the molecule is CN1C(=Cc2ncc(-c3ccccc3)c[n+]2C)Sc2ccccc21. The van der Waals surface area contributed by atoms with Gasteiger partial charge in [-0.2, -0.15) is 0 Å². The molecular weight excluding hydrogens is 314 g/mol. The maximum atomic E-state index is 4.66. The molecule has 1 aliphatic heterocycles. The normalized spacial score (nSPS) is 14.9. The van der Waals surface area contributed by atoms with Crippen LogP contribution in [0.3, 0.4) is 0 Å². The molecule has 1 aliphatic rings. The van der Waals surface area contributed by atoms with E-state index in [0.717, 1.165) is 11.4 Å². The summed E-state index contributed by atoms with van der Waals surface area (Å²) in [7, 11) is 4.14. The molecule has 3 aromatic rings. The zero-order chi connectivity index (χ0) is 16.5. The number of aromatic nitrogens is 2. The molecule has 2 aromatic carbocycles. The van der Waals surface area contributed by atoms with Crippen LogP contribution in [0.15, 0.2) is 76.9 Å². The minimum Gasteiger partial charge on any atom is -0.338 e. The lowest BCUT2D eigenvalue weighted by Gasteiger charge is -2.12. The first-order chi connectivity index (χ1) is 11.7. The highest BCUT2D eigenvalue weighted by Crippen LogP contribution is 2.45. The van der Waals surface area contributed by atoms with E-state index in [1.807, 2.05) is 31.4 Å². The lowest BCUT2D eigenvalue weighted by Crippen LogP contribution is -2.33. The quantitative estimate of drug-likeness (QED) is 0.659. The van der Waals surface area contributed by atoms with Gasteiger partial charge in [-0.05, 0) is 22.7 Å². The number of aryl methyl sites for hydroxylation is 1. The summed E-state index contributed by atoms with van der Waals surface area (Å²) < 4.78 is 2.08. The number of nitrogens with zero attached hydrogens (tertiary/aromatic N) is 3. The van der Waals surface area contributed by atoms with Crippen molar-refractivity contribution in [1.29, 1.82) is 0 Å². The molecule has 24 heavy (non-hydrogen) atoms. The van der Waals surface area contributed by atoms with Gasteiger partial charge in [0.1, 0.15) is 6.20 Å². The predicted molar refractivity (Wildman–Crippen MR) is 99.5 cm³/mol. The first-order valence-corrected chi connectivity index (χ1v) is 8.67. The van der Waals surface area contributed by atoms with E-state index in [4.69, 9.17) is 0 Å². The summed E-state index contributed by atoms with van der Waals surface area (Å²) in [4.78, 5) is 8.16. The number of benzene rings is 2. The van der Waals surface area contributed by atoms with E-state index in [9.17, 15) is 0 Å². The fourth-order valence-electron chi connectivity index (χ4n) is 2.81. The molecule has 0 saturated heterocycles. The highest BCUT2D eigenvalue weighted by atomic mass is 32.2. The van der Waals surface area contributed by atoms with Gasteiger partial charge in [-0.1, -0.05) is 54.2 Å². The van der Waals surface area contributed by atoms with Crippen LogP contribution in [-0.2, 0) is 7.05 Å². The van der Waals surface area contributed by atoms with Crippen LogP contribution < -0.4 is 9.47 Å². The number of thioether (sulfide) groups is 1. The van der Waals surface area contributed by atoms with E-state index in [-0.39, 0.29) is 0 Å². The molecule has 0 aliphatic carbocycles. The van der Waals surface area contributed by atoms with Crippen molar-refractivity contribution >= 4 is 23.5 Å². The number of hydrogen-bond acceptors (Lipinski definition) is 3. The van der Waals surface area contributed by atoms with Crippen LogP contribution in [0, 0.1) is 0 Å². The number of anilines is 1. The molecule has 0 N–H and O–H groups in total. The molecule has 4 rings (SSSR count). The van der Waals surface area contributed by atoms with E-state index >= 15 is 0 Å². The van der Waals surface area contributed by atoms with Crippen molar-refractivity contribution in [2.24, 2.45) is 7.05 Å². The van der Waals surface area contributed by atoms with Crippen molar-refractivity contribution in [2.75, 3.05) is 11.9 Å². The molecule has 0 atom stereocenters. The van der Waals surface area contributed by atoms with E-state index in [1.165, 1.54) is 21.2 Å². The maximum absolute atomic E-state index is 4.66. The molecule has 0 spiro atoms. The Morgan fingerprint density at radius 2 is 1.75 bits per heavy atom. The summed E-state index contributed by atoms with van der Waals surface area (Å²) in [6, 6.07) is 18.8. The number of rotatable bonds is 2. The first-order valence-electron chi connectivity index (χ1n) is 7.86. The van der Waals surface area contributed by atoms with Crippen molar-refractivity contribution in [3.8, 4) is 11.1 Å². The van der Waals surface area contributed by atoms with Crippen LogP contribution in [0.2, 0.25) is 0 Å². The average molecular weight is 332 g/mol. The second-order valence-electron chi connectivity index (χ2n) is 5.79. The van der Waals surface area contributed by atoms with Crippen LogP contribution in [0.4, 0.5) is 5.69 Å². The third-order valence-corrected chi connectivity index (χ3v) is 5.33. The van der Waals surface area contributed by atoms with Gasteiger partial charge in [-0.15, -0.1) is 0 Å². The number of para-hydroxylation sites is 1. The topological polar surface area (TPSA) is 20.0 Å². The first kappa shape index (κ1) is 15.0. The molecule has 0 radical (unpaired) electrons. The van der Waals surface area contributed by atoms with Gasteiger partial charge in [0, 0.05) is 11.9 Å². The Bertz CT molecular complexity index is 919. The van der Waals surface area contributed by atoms with Crippen LogP contribution in [0.1, 0.15) is 5.82 Å².